The third kappa shape index (κ3) is 4.43. The average Bonchev–Trinajstić information content (AvgIpc) is 2.45. The van der Waals surface area contributed by atoms with Crippen molar-refractivity contribution in [1.82, 2.24) is 0 Å². The fourth-order valence-corrected chi connectivity index (χ4v) is 2.05. The molecule has 2 rings (SSSR count). The lowest BCUT2D eigenvalue weighted by Gasteiger charge is -2.18. The summed E-state index contributed by atoms with van der Waals surface area (Å²) >= 11 is 0. The van der Waals surface area contributed by atoms with Gasteiger partial charge in [-0.1, -0.05) is 24.3 Å². The minimum atomic E-state index is -2.84. The number of benzene rings is 2. The summed E-state index contributed by atoms with van der Waals surface area (Å²) in [6, 6.07) is 13.7. The molecule has 0 aromatic heterocycles. The second kappa shape index (κ2) is 7.04. The summed E-state index contributed by atoms with van der Waals surface area (Å²) in [5.41, 5.74) is 2.79. The molecule has 0 amide bonds. The van der Waals surface area contributed by atoms with Crippen LogP contribution in [0.4, 0.5) is 14.5 Å². The van der Waals surface area contributed by atoms with Crippen molar-refractivity contribution in [3.8, 4) is 5.75 Å². The summed E-state index contributed by atoms with van der Waals surface area (Å²) < 4.78 is 28.5. The van der Waals surface area contributed by atoms with Crippen molar-refractivity contribution in [2.45, 2.75) is 19.6 Å². The topological polar surface area (TPSA) is 41.5 Å². The van der Waals surface area contributed by atoms with E-state index in [1.54, 1.807) is 12.1 Å². The van der Waals surface area contributed by atoms with E-state index in [4.69, 9.17) is 0 Å². The van der Waals surface area contributed by atoms with Crippen LogP contribution in [0.15, 0.2) is 48.5 Å². The third-order valence-corrected chi connectivity index (χ3v) is 3.05. The molecule has 0 aliphatic carbocycles. The second-order valence-electron chi connectivity index (χ2n) is 4.70. The molecule has 5 heteroatoms. The van der Waals surface area contributed by atoms with E-state index in [0.29, 0.717) is 0 Å². The highest BCUT2D eigenvalue weighted by molar-refractivity contribution is 5.48. The minimum Gasteiger partial charge on any atom is -0.435 e. The summed E-state index contributed by atoms with van der Waals surface area (Å²) in [5.74, 6) is 0.0981. The van der Waals surface area contributed by atoms with Gasteiger partial charge in [-0.15, -0.1) is 0 Å². The number of hydrogen-bond donors (Lipinski definition) is 2. The minimum absolute atomic E-state index is 0.0981. The molecule has 2 aromatic rings. The Balaban J connectivity index is 2.10. The normalized spacial score (nSPS) is 12.2. The third-order valence-electron chi connectivity index (χ3n) is 3.05. The van der Waals surface area contributed by atoms with Crippen LogP contribution in [0.2, 0.25) is 0 Å². The zero-order valence-corrected chi connectivity index (χ0v) is 11.6. The van der Waals surface area contributed by atoms with Crippen molar-refractivity contribution in [2.75, 3.05) is 11.9 Å². The fourth-order valence-electron chi connectivity index (χ4n) is 2.05. The van der Waals surface area contributed by atoms with E-state index in [2.05, 4.69) is 10.1 Å². The number of halogens is 2. The summed E-state index contributed by atoms with van der Waals surface area (Å²) in [5, 5.41) is 12.7. The van der Waals surface area contributed by atoms with Crippen molar-refractivity contribution in [1.29, 1.82) is 0 Å². The predicted molar refractivity (Wildman–Crippen MR) is 77.7 cm³/mol. The first kappa shape index (κ1) is 15.3. The summed E-state index contributed by atoms with van der Waals surface area (Å²) in [7, 11) is 0. The van der Waals surface area contributed by atoms with Gasteiger partial charge in [-0.05, 0) is 42.3 Å². The fraction of sp³-hybridized carbons (Fsp3) is 0.250. The highest BCUT2D eigenvalue weighted by atomic mass is 19.3. The number of hydrogen-bond acceptors (Lipinski definition) is 3. The van der Waals surface area contributed by atoms with Crippen LogP contribution in [-0.4, -0.2) is 18.3 Å². The zero-order valence-electron chi connectivity index (χ0n) is 11.6. The summed E-state index contributed by atoms with van der Waals surface area (Å²) in [6.45, 7) is -0.964. The Kier molecular flexibility index (Phi) is 5.11. The molecule has 1 atom stereocenters. The molecule has 3 nitrogen and oxygen atoms in total. The number of ether oxygens (including phenoxy) is 1. The monoisotopic (exact) mass is 293 g/mol. The molecule has 0 radical (unpaired) electrons. The SMILES string of the molecule is Cc1cccc(NC(CO)c2ccc(OC(F)F)cc2)c1. The van der Waals surface area contributed by atoms with Gasteiger partial charge < -0.3 is 15.2 Å². The lowest BCUT2D eigenvalue weighted by atomic mass is 10.1. The lowest BCUT2D eigenvalue weighted by molar-refractivity contribution is -0.0498. The first-order valence-corrected chi connectivity index (χ1v) is 6.57. The van der Waals surface area contributed by atoms with E-state index in [9.17, 15) is 13.9 Å². The van der Waals surface area contributed by atoms with Crippen LogP contribution in [0.3, 0.4) is 0 Å². The standard InChI is InChI=1S/C16H17F2NO2/c1-11-3-2-4-13(9-11)19-15(10-20)12-5-7-14(8-6-12)21-16(17)18/h2-9,15-16,19-20H,10H2,1H3. The molecule has 2 aromatic carbocycles. The molecule has 0 fully saturated rings. The average molecular weight is 293 g/mol. The molecule has 0 saturated carbocycles. The molecule has 0 bridgehead atoms. The maximum atomic E-state index is 12.1. The van der Waals surface area contributed by atoms with Gasteiger partial charge in [0, 0.05) is 5.69 Å². The predicted octanol–water partition coefficient (Wildman–Crippen LogP) is 3.74. The van der Waals surface area contributed by atoms with E-state index in [1.165, 1.54) is 12.1 Å². The van der Waals surface area contributed by atoms with Gasteiger partial charge in [-0.3, -0.25) is 0 Å². The molecular formula is C16H17F2NO2. The Hall–Kier alpha value is -2.14. The van der Waals surface area contributed by atoms with Gasteiger partial charge in [0.15, 0.2) is 0 Å². The van der Waals surface area contributed by atoms with Crippen molar-refractivity contribution in [3.05, 3.63) is 59.7 Å². The first-order valence-electron chi connectivity index (χ1n) is 6.57. The molecular weight excluding hydrogens is 276 g/mol. The number of aliphatic hydroxyl groups excluding tert-OH is 1. The first-order chi connectivity index (χ1) is 10.1. The zero-order chi connectivity index (χ0) is 15.2. The molecule has 0 saturated heterocycles. The second-order valence-corrected chi connectivity index (χ2v) is 4.70. The molecule has 112 valence electrons. The van der Waals surface area contributed by atoms with Gasteiger partial charge in [0.2, 0.25) is 0 Å². The van der Waals surface area contributed by atoms with Gasteiger partial charge in [0.1, 0.15) is 5.75 Å². The number of alkyl halides is 2. The van der Waals surface area contributed by atoms with Gasteiger partial charge >= 0.3 is 6.61 Å². The Labute approximate surface area is 122 Å². The molecule has 0 aliphatic rings. The molecule has 0 spiro atoms. The molecule has 1 unspecified atom stereocenters. The highest BCUT2D eigenvalue weighted by Gasteiger charge is 2.11. The Morgan fingerprint density at radius 2 is 1.86 bits per heavy atom. The Morgan fingerprint density at radius 1 is 1.14 bits per heavy atom. The maximum absolute atomic E-state index is 12.1. The smallest absolute Gasteiger partial charge is 0.387 e. The molecule has 2 N–H and O–H groups in total. The number of aliphatic hydroxyl groups is 1. The molecule has 0 aliphatic heterocycles. The van der Waals surface area contributed by atoms with E-state index >= 15 is 0 Å². The van der Waals surface area contributed by atoms with Crippen molar-refractivity contribution in [3.63, 3.8) is 0 Å². The van der Waals surface area contributed by atoms with Crippen LogP contribution in [0.1, 0.15) is 17.2 Å². The molecule has 0 heterocycles. The van der Waals surface area contributed by atoms with Crippen molar-refractivity contribution in [2.24, 2.45) is 0 Å². The molecule has 21 heavy (non-hydrogen) atoms. The van der Waals surface area contributed by atoms with E-state index in [1.807, 2.05) is 31.2 Å². The largest absolute Gasteiger partial charge is 0.435 e. The van der Waals surface area contributed by atoms with Gasteiger partial charge in [-0.2, -0.15) is 8.78 Å². The summed E-state index contributed by atoms with van der Waals surface area (Å²) in [4.78, 5) is 0. The Bertz CT molecular complexity index is 573. The van der Waals surface area contributed by atoms with E-state index in [0.717, 1.165) is 16.8 Å². The van der Waals surface area contributed by atoms with Gasteiger partial charge in [-0.25, -0.2) is 0 Å². The van der Waals surface area contributed by atoms with Crippen molar-refractivity contribution < 1.29 is 18.6 Å². The van der Waals surface area contributed by atoms with E-state index in [-0.39, 0.29) is 18.4 Å². The van der Waals surface area contributed by atoms with Crippen LogP contribution >= 0.6 is 0 Å². The number of anilines is 1. The van der Waals surface area contributed by atoms with Crippen LogP contribution in [0.5, 0.6) is 5.75 Å². The summed E-state index contributed by atoms with van der Waals surface area (Å²) in [6.07, 6.45) is 0. The number of aryl methyl sites for hydroxylation is 1. The van der Waals surface area contributed by atoms with Crippen LogP contribution < -0.4 is 10.1 Å². The van der Waals surface area contributed by atoms with Gasteiger partial charge in [0.05, 0.1) is 12.6 Å². The maximum Gasteiger partial charge on any atom is 0.387 e. The van der Waals surface area contributed by atoms with Crippen LogP contribution in [0, 0.1) is 6.92 Å². The van der Waals surface area contributed by atoms with Crippen molar-refractivity contribution >= 4 is 5.69 Å². The highest BCUT2D eigenvalue weighted by Crippen LogP contribution is 2.23. The van der Waals surface area contributed by atoms with Crippen LogP contribution in [-0.2, 0) is 0 Å². The van der Waals surface area contributed by atoms with Gasteiger partial charge in [0.25, 0.3) is 0 Å². The quantitative estimate of drug-likeness (QED) is 0.852. The Morgan fingerprint density at radius 3 is 2.43 bits per heavy atom. The van der Waals surface area contributed by atoms with Crippen LogP contribution in [0.25, 0.3) is 0 Å². The lowest BCUT2D eigenvalue weighted by Crippen LogP contribution is -2.14. The number of rotatable bonds is 6. The number of nitrogens with one attached hydrogen (secondary N) is 1. The van der Waals surface area contributed by atoms with E-state index < -0.39 is 6.61 Å².